The summed E-state index contributed by atoms with van der Waals surface area (Å²) in [5, 5.41) is 4.09. The largest absolute Gasteiger partial charge is 0.357 e. The number of alkyl halides is 1. The maximum Gasteiger partial charge on any atom is 0.178 e. The molecular formula is C17H11ClF3NO3S. The fourth-order valence-electron chi connectivity index (χ4n) is 2.53. The molecule has 0 aliphatic heterocycles. The van der Waals surface area contributed by atoms with E-state index in [-0.39, 0.29) is 22.6 Å². The SMILES string of the molecule is CS(=O)(=O)c1cc(F)c(-c2c(-c3cccc(Cl)c3)noc2CF)cc1F. The van der Waals surface area contributed by atoms with E-state index in [1.54, 1.807) is 18.2 Å². The minimum absolute atomic E-state index is 0.0607. The number of rotatable bonds is 4. The number of aromatic nitrogens is 1. The molecular weight excluding hydrogens is 391 g/mol. The summed E-state index contributed by atoms with van der Waals surface area (Å²) in [6, 6.07) is 7.54. The first-order valence-corrected chi connectivity index (χ1v) is 9.49. The molecule has 3 aromatic rings. The van der Waals surface area contributed by atoms with Gasteiger partial charge in [0.2, 0.25) is 0 Å². The van der Waals surface area contributed by atoms with Crippen molar-refractivity contribution in [3.63, 3.8) is 0 Å². The van der Waals surface area contributed by atoms with Crippen LogP contribution in [0, 0.1) is 11.6 Å². The highest BCUT2D eigenvalue weighted by Crippen LogP contribution is 2.38. The predicted molar refractivity (Wildman–Crippen MR) is 90.2 cm³/mol. The van der Waals surface area contributed by atoms with Gasteiger partial charge in [0, 0.05) is 22.4 Å². The molecule has 0 atom stereocenters. The number of nitrogens with zero attached hydrogens (tertiary/aromatic N) is 1. The van der Waals surface area contributed by atoms with Crippen LogP contribution < -0.4 is 0 Å². The van der Waals surface area contributed by atoms with E-state index in [1.165, 1.54) is 6.07 Å². The summed E-state index contributed by atoms with van der Waals surface area (Å²) in [7, 11) is -3.97. The molecule has 0 aliphatic carbocycles. The lowest BCUT2D eigenvalue weighted by Gasteiger charge is -2.08. The van der Waals surface area contributed by atoms with Crippen LogP contribution in [0.4, 0.5) is 13.2 Å². The molecule has 0 saturated heterocycles. The van der Waals surface area contributed by atoms with Crippen LogP contribution in [0.1, 0.15) is 5.76 Å². The number of halogens is 4. The maximum absolute atomic E-state index is 14.6. The van der Waals surface area contributed by atoms with Gasteiger partial charge in [0.05, 0.1) is 5.56 Å². The Morgan fingerprint density at radius 1 is 1.15 bits per heavy atom. The Morgan fingerprint density at radius 3 is 2.50 bits per heavy atom. The smallest absolute Gasteiger partial charge is 0.178 e. The standard InChI is InChI=1S/C17H11ClF3NO3S/c1-26(23,24)15-7-12(20)11(6-13(15)21)16-14(8-19)25-22-17(16)9-3-2-4-10(18)5-9/h2-7H,8H2,1H3. The summed E-state index contributed by atoms with van der Waals surface area (Å²) in [5.74, 6) is -2.52. The Labute approximate surface area is 152 Å². The van der Waals surface area contributed by atoms with Crippen molar-refractivity contribution in [2.45, 2.75) is 11.6 Å². The maximum atomic E-state index is 14.6. The van der Waals surface area contributed by atoms with Crippen molar-refractivity contribution in [1.82, 2.24) is 5.16 Å². The Morgan fingerprint density at radius 2 is 1.88 bits per heavy atom. The molecule has 9 heteroatoms. The van der Waals surface area contributed by atoms with E-state index in [2.05, 4.69) is 5.16 Å². The molecule has 0 aliphatic rings. The van der Waals surface area contributed by atoms with Gasteiger partial charge < -0.3 is 4.52 Å². The second-order valence-electron chi connectivity index (χ2n) is 5.51. The molecule has 0 bridgehead atoms. The van der Waals surface area contributed by atoms with E-state index >= 15 is 0 Å². The summed E-state index contributed by atoms with van der Waals surface area (Å²) in [5.41, 5.74) is -0.00139. The summed E-state index contributed by atoms with van der Waals surface area (Å²) >= 11 is 5.93. The summed E-state index contributed by atoms with van der Waals surface area (Å²) in [6.45, 7) is -1.11. The third-order valence-corrected chi connectivity index (χ3v) is 5.02. The third-order valence-electron chi connectivity index (χ3n) is 3.67. The predicted octanol–water partition coefficient (Wildman–Crippen LogP) is 4.81. The molecule has 0 spiro atoms. The monoisotopic (exact) mass is 401 g/mol. The Kier molecular flexibility index (Phi) is 4.81. The van der Waals surface area contributed by atoms with Crippen molar-refractivity contribution in [2.75, 3.05) is 6.26 Å². The molecule has 2 aromatic carbocycles. The van der Waals surface area contributed by atoms with Crippen LogP contribution in [0.2, 0.25) is 5.02 Å². The van der Waals surface area contributed by atoms with Crippen LogP contribution in [0.5, 0.6) is 0 Å². The first kappa shape index (κ1) is 18.5. The number of benzene rings is 2. The second kappa shape index (κ2) is 6.77. The zero-order valence-electron chi connectivity index (χ0n) is 13.3. The second-order valence-corrected chi connectivity index (χ2v) is 7.93. The number of hydrogen-bond donors (Lipinski definition) is 0. The topological polar surface area (TPSA) is 60.2 Å². The molecule has 1 aromatic heterocycles. The lowest BCUT2D eigenvalue weighted by atomic mass is 9.98. The summed E-state index contributed by atoms with van der Waals surface area (Å²) < 4.78 is 70.1. The van der Waals surface area contributed by atoms with Gasteiger partial charge in [-0.3, -0.25) is 0 Å². The highest BCUT2D eigenvalue weighted by molar-refractivity contribution is 7.90. The van der Waals surface area contributed by atoms with Crippen molar-refractivity contribution >= 4 is 21.4 Å². The van der Waals surface area contributed by atoms with E-state index in [0.717, 1.165) is 6.26 Å². The third kappa shape index (κ3) is 3.34. The number of hydrogen-bond acceptors (Lipinski definition) is 4. The normalized spacial score (nSPS) is 11.7. The average molecular weight is 402 g/mol. The molecule has 0 N–H and O–H groups in total. The van der Waals surface area contributed by atoms with E-state index < -0.39 is 33.0 Å². The van der Waals surface area contributed by atoms with Gasteiger partial charge in [-0.05, 0) is 24.3 Å². The lowest BCUT2D eigenvalue weighted by molar-refractivity contribution is 0.332. The Hall–Kier alpha value is -2.32. The van der Waals surface area contributed by atoms with Crippen LogP contribution in [0.25, 0.3) is 22.4 Å². The highest BCUT2D eigenvalue weighted by Gasteiger charge is 2.25. The van der Waals surface area contributed by atoms with Crippen molar-refractivity contribution in [3.05, 3.63) is 58.8 Å². The van der Waals surface area contributed by atoms with Crippen LogP contribution in [-0.4, -0.2) is 19.8 Å². The Bertz CT molecular complexity index is 1100. The molecule has 0 fully saturated rings. The molecule has 26 heavy (non-hydrogen) atoms. The van der Waals surface area contributed by atoms with Crippen molar-refractivity contribution in [2.24, 2.45) is 0 Å². The average Bonchev–Trinajstić information content (AvgIpc) is 2.99. The first-order valence-electron chi connectivity index (χ1n) is 7.22. The molecule has 0 radical (unpaired) electrons. The van der Waals surface area contributed by atoms with Crippen molar-refractivity contribution < 1.29 is 26.1 Å². The minimum Gasteiger partial charge on any atom is -0.357 e. The van der Waals surface area contributed by atoms with E-state index in [1.807, 2.05) is 0 Å². The van der Waals surface area contributed by atoms with Crippen molar-refractivity contribution in [3.8, 4) is 22.4 Å². The van der Waals surface area contributed by atoms with Gasteiger partial charge >= 0.3 is 0 Å². The molecule has 4 nitrogen and oxygen atoms in total. The quantitative estimate of drug-likeness (QED) is 0.629. The van der Waals surface area contributed by atoms with Gasteiger partial charge in [0.15, 0.2) is 22.3 Å². The molecule has 1 heterocycles. The fourth-order valence-corrected chi connectivity index (χ4v) is 3.45. The molecule has 3 rings (SSSR count). The minimum atomic E-state index is -3.97. The van der Waals surface area contributed by atoms with Gasteiger partial charge in [-0.25, -0.2) is 21.6 Å². The molecule has 136 valence electrons. The van der Waals surface area contributed by atoms with Gasteiger partial charge in [-0.2, -0.15) is 0 Å². The van der Waals surface area contributed by atoms with E-state index in [9.17, 15) is 21.6 Å². The van der Waals surface area contributed by atoms with E-state index in [4.69, 9.17) is 16.1 Å². The van der Waals surface area contributed by atoms with E-state index in [0.29, 0.717) is 22.7 Å². The van der Waals surface area contributed by atoms with Crippen molar-refractivity contribution in [1.29, 1.82) is 0 Å². The van der Waals surface area contributed by atoms with Crippen LogP contribution in [0.3, 0.4) is 0 Å². The summed E-state index contributed by atoms with van der Waals surface area (Å²) in [6.07, 6.45) is 0.758. The van der Waals surface area contributed by atoms with Crippen LogP contribution in [0.15, 0.2) is 45.8 Å². The molecule has 0 amide bonds. The number of sulfone groups is 1. The van der Waals surface area contributed by atoms with Gasteiger partial charge in [-0.15, -0.1) is 0 Å². The van der Waals surface area contributed by atoms with Gasteiger partial charge in [0.1, 0.15) is 22.2 Å². The summed E-state index contributed by atoms with van der Waals surface area (Å²) in [4.78, 5) is -0.790. The van der Waals surface area contributed by atoms with Crippen LogP contribution >= 0.6 is 11.6 Å². The fraction of sp³-hybridized carbons (Fsp3) is 0.118. The zero-order valence-corrected chi connectivity index (χ0v) is 14.8. The molecule has 0 unspecified atom stereocenters. The van der Waals surface area contributed by atoms with Gasteiger partial charge in [0.25, 0.3) is 0 Å². The zero-order chi connectivity index (χ0) is 19.1. The lowest BCUT2D eigenvalue weighted by Crippen LogP contribution is -2.03. The van der Waals surface area contributed by atoms with Gasteiger partial charge in [-0.1, -0.05) is 28.9 Å². The van der Waals surface area contributed by atoms with Crippen LogP contribution in [-0.2, 0) is 16.5 Å². The molecule has 0 saturated carbocycles. The first-order chi connectivity index (χ1) is 12.2. The Balaban J connectivity index is 2.28. The highest BCUT2D eigenvalue weighted by atomic mass is 35.5.